The standard InChI is InChI=1S/C18H17F2NO5/c1-11(25-17(24)13-8-6-12(10-22)7-9-13)16(23)21-14-4-2-3-5-15(14)26-18(19)20/h2-9,11,18,22H,10H2,1H3,(H,21,23). The van der Waals surface area contributed by atoms with Gasteiger partial charge in [-0.2, -0.15) is 8.78 Å². The minimum Gasteiger partial charge on any atom is -0.449 e. The van der Waals surface area contributed by atoms with Crippen LogP contribution >= 0.6 is 0 Å². The van der Waals surface area contributed by atoms with E-state index in [-0.39, 0.29) is 23.6 Å². The summed E-state index contributed by atoms with van der Waals surface area (Å²) in [6, 6.07) is 11.7. The Balaban J connectivity index is 2.00. The predicted molar refractivity (Wildman–Crippen MR) is 88.9 cm³/mol. The Hall–Kier alpha value is -3.00. The van der Waals surface area contributed by atoms with E-state index >= 15 is 0 Å². The lowest BCUT2D eigenvalue weighted by Crippen LogP contribution is -2.30. The lowest BCUT2D eigenvalue weighted by Gasteiger charge is -2.15. The van der Waals surface area contributed by atoms with Crippen LogP contribution in [-0.2, 0) is 16.1 Å². The van der Waals surface area contributed by atoms with Gasteiger partial charge in [0, 0.05) is 0 Å². The number of amides is 1. The molecule has 0 radical (unpaired) electrons. The third-order valence-corrected chi connectivity index (χ3v) is 3.39. The van der Waals surface area contributed by atoms with E-state index in [1.807, 2.05) is 0 Å². The van der Waals surface area contributed by atoms with Crippen LogP contribution in [0.5, 0.6) is 5.75 Å². The molecule has 0 fully saturated rings. The summed E-state index contributed by atoms with van der Waals surface area (Å²) < 4.78 is 34.2. The number of benzene rings is 2. The average Bonchev–Trinajstić information content (AvgIpc) is 2.62. The molecule has 26 heavy (non-hydrogen) atoms. The number of halogens is 2. The van der Waals surface area contributed by atoms with Crippen molar-refractivity contribution in [1.82, 2.24) is 0 Å². The van der Waals surface area contributed by atoms with Crippen molar-refractivity contribution >= 4 is 17.6 Å². The van der Waals surface area contributed by atoms with Gasteiger partial charge in [0.2, 0.25) is 0 Å². The Labute approximate surface area is 148 Å². The first-order valence-corrected chi connectivity index (χ1v) is 7.66. The summed E-state index contributed by atoms with van der Waals surface area (Å²) in [5.74, 6) is -1.63. The molecule has 2 aromatic rings. The number of anilines is 1. The second kappa shape index (κ2) is 8.91. The van der Waals surface area contributed by atoms with E-state index in [9.17, 15) is 18.4 Å². The van der Waals surface area contributed by atoms with E-state index in [1.54, 1.807) is 12.1 Å². The van der Waals surface area contributed by atoms with Gasteiger partial charge in [-0.05, 0) is 36.8 Å². The van der Waals surface area contributed by atoms with Gasteiger partial charge in [0.15, 0.2) is 6.10 Å². The van der Waals surface area contributed by atoms with Crippen molar-refractivity contribution in [3.05, 3.63) is 59.7 Å². The fraction of sp³-hybridized carbons (Fsp3) is 0.222. The third-order valence-electron chi connectivity index (χ3n) is 3.39. The Morgan fingerprint density at radius 1 is 1.12 bits per heavy atom. The number of hydrogen-bond donors (Lipinski definition) is 2. The molecular formula is C18H17F2NO5. The number of rotatable bonds is 7. The zero-order valence-electron chi connectivity index (χ0n) is 13.8. The summed E-state index contributed by atoms with van der Waals surface area (Å²) in [6.45, 7) is -1.84. The second-order valence-electron chi connectivity index (χ2n) is 5.27. The molecule has 1 unspecified atom stereocenters. The molecule has 0 heterocycles. The van der Waals surface area contributed by atoms with E-state index in [0.29, 0.717) is 5.56 Å². The Bertz CT molecular complexity index is 764. The molecule has 2 aromatic carbocycles. The Morgan fingerprint density at radius 2 is 1.77 bits per heavy atom. The molecule has 0 aliphatic carbocycles. The highest BCUT2D eigenvalue weighted by Crippen LogP contribution is 2.25. The number of aliphatic hydroxyl groups is 1. The van der Waals surface area contributed by atoms with E-state index in [2.05, 4.69) is 10.1 Å². The second-order valence-corrected chi connectivity index (χ2v) is 5.27. The van der Waals surface area contributed by atoms with Crippen molar-refractivity contribution in [1.29, 1.82) is 0 Å². The number of esters is 1. The zero-order valence-corrected chi connectivity index (χ0v) is 13.8. The van der Waals surface area contributed by atoms with Gasteiger partial charge in [0.1, 0.15) is 5.75 Å². The van der Waals surface area contributed by atoms with Crippen molar-refractivity contribution < 1.29 is 33.0 Å². The number of carbonyl (C=O) groups is 2. The minimum atomic E-state index is -3.04. The van der Waals surface area contributed by atoms with Gasteiger partial charge in [0.05, 0.1) is 17.9 Å². The molecule has 0 spiro atoms. The van der Waals surface area contributed by atoms with E-state index in [0.717, 1.165) is 0 Å². The number of aliphatic hydroxyl groups excluding tert-OH is 1. The van der Waals surface area contributed by atoms with Crippen LogP contribution in [0.3, 0.4) is 0 Å². The quantitative estimate of drug-likeness (QED) is 0.737. The fourth-order valence-electron chi connectivity index (χ4n) is 2.03. The predicted octanol–water partition coefficient (Wildman–Crippen LogP) is 2.96. The number of nitrogens with one attached hydrogen (secondary N) is 1. The Kier molecular flexibility index (Phi) is 6.62. The lowest BCUT2D eigenvalue weighted by atomic mass is 10.1. The third kappa shape index (κ3) is 5.25. The maximum atomic E-state index is 12.4. The van der Waals surface area contributed by atoms with Gasteiger partial charge in [0.25, 0.3) is 5.91 Å². The van der Waals surface area contributed by atoms with Gasteiger partial charge in [-0.3, -0.25) is 4.79 Å². The van der Waals surface area contributed by atoms with Crippen molar-refractivity contribution in [2.45, 2.75) is 26.2 Å². The molecule has 2 rings (SSSR count). The number of alkyl halides is 2. The van der Waals surface area contributed by atoms with Gasteiger partial charge in [-0.25, -0.2) is 4.79 Å². The lowest BCUT2D eigenvalue weighted by molar-refractivity contribution is -0.123. The highest BCUT2D eigenvalue weighted by Gasteiger charge is 2.20. The number of hydrogen-bond acceptors (Lipinski definition) is 5. The number of para-hydroxylation sites is 2. The van der Waals surface area contributed by atoms with Gasteiger partial charge >= 0.3 is 12.6 Å². The highest BCUT2D eigenvalue weighted by molar-refractivity contribution is 5.98. The van der Waals surface area contributed by atoms with Crippen LogP contribution in [0.1, 0.15) is 22.8 Å². The summed E-state index contributed by atoms with van der Waals surface area (Å²) in [6.07, 6.45) is -1.17. The topological polar surface area (TPSA) is 84.9 Å². The molecule has 0 saturated heterocycles. The Morgan fingerprint density at radius 3 is 2.38 bits per heavy atom. The summed E-state index contributed by atoms with van der Waals surface area (Å²) in [5, 5.41) is 11.4. The molecule has 0 aliphatic rings. The van der Waals surface area contributed by atoms with Crippen molar-refractivity contribution in [2.75, 3.05) is 5.32 Å². The molecule has 8 heteroatoms. The van der Waals surface area contributed by atoms with E-state index in [1.165, 1.54) is 43.3 Å². The molecular weight excluding hydrogens is 348 g/mol. The molecule has 0 saturated carbocycles. The van der Waals surface area contributed by atoms with Gasteiger partial charge < -0.3 is 19.9 Å². The molecule has 0 aromatic heterocycles. The van der Waals surface area contributed by atoms with Gasteiger partial charge in [-0.1, -0.05) is 24.3 Å². The van der Waals surface area contributed by atoms with Crippen LogP contribution in [-0.4, -0.2) is 29.7 Å². The van der Waals surface area contributed by atoms with Crippen molar-refractivity contribution in [3.63, 3.8) is 0 Å². The molecule has 0 bridgehead atoms. The van der Waals surface area contributed by atoms with E-state index in [4.69, 9.17) is 9.84 Å². The zero-order chi connectivity index (χ0) is 19.1. The molecule has 2 N–H and O–H groups in total. The monoisotopic (exact) mass is 365 g/mol. The van der Waals surface area contributed by atoms with Crippen molar-refractivity contribution in [2.24, 2.45) is 0 Å². The molecule has 1 amide bonds. The normalized spacial score (nSPS) is 11.7. The number of carbonyl (C=O) groups excluding carboxylic acids is 2. The molecule has 138 valence electrons. The molecule has 1 atom stereocenters. The average molecular weight is 365 g/mol. The SMILES string of the molecule is CC(OC(=O)c1ccc(CO)cc1)C(=O)Nc1ccccc1OC(F)F. The fourth-order valence-corrected chi connectivity index (χ4v) is 2.03. The van der Waals surface area contributed by atoms with Gasteiger partial charge in [-0.15, -0.1) is 0 Å². The van der Waals surface area contributed by atoms with Crippen LogP contribution in [0.2, 0.25) is 0 Å². The minimum absolute atomic E-state index is 0.0352. The first-order valence-electron chi connectivity index (χ1n) is 7.66. The largest absolute Gasteiger partial charge is 0.449 e. The smallest absolute Gasteiger partial charge is 0.387 e. The number of ether oxygens (including phenoxy) is 2. The molecule has 6 nitrogen and oxygen atoms in total. The summed E-state index contributed by atoms with van der Waals surface area (Å²) in [7, 11) is 0. The van der Waals surface area contributed by atoms with Crippen LogP contribution < -0.4 is 10.1 Å². The van der Waals surface area contributed by atoms with Crippen LogP contribution in [0.25, 0.3) is 0 Å². The maximum absolute atomic E-state index is 12.4. The highest BCUT2D eigenvalue weighted by atomic mass is 19.3. The summed E-state index contributed by atoms with van der Waals surface area (Å²) >= 11 is 0. The van der Waals surface area contributed by atoms with E-state index < -0.39 is 24.6 Å². The van der Waals surface area contributed by atoms with Crippen LogP contribution in [0.15, 0.2) is 48.5 Å². The summed E-state index contributed by atoms with van der Waals surface area (Å²) in [5.41, 5.74) is 0.874. The molecule has 0 aliphatic heterocycles. The first-order chi connectivity index (χ1) is 12.4. The van der Waals surface area contributed by atoms with Crippen molar-refractivity contribution in [3.8, 4) is 5.75 Å². The first kappa shape index (κ1) is 19.3. The maximum Gasteiger partial charge on any atom is 0.387 e. The van der Waals surface area contributed by atoms with Crippen LogP contribution in [0, 0.1) is 0 Å². The van der Waals surface area contributed by atoms with Crippen LogP contribution in [0.4, 0.5) is 14.5 Å². The summed E-state index contributed by atoms with van der Waals surface area (Å²) in [4.78, 5) is 24.2.